The molecular weight excluding hydrogens is 1480 g/mol. The smallest absolute Gasteiger partial charge is 0.194 e. The average molecular weight is 1640 g/mol. The summed E-state index contributed by atoms with van der Waals surface area (Å²) in [5.74, 6) is 0.994. The highest BCUT2D eigenvalue weighted by Gasteiger charge is 2.37. The average Bonchev–Trinajstić information content (AvgIpc) is 0.864. The summed E-state index contributed by atoms with van der Waals surface area (Å²) in [5, 5.41) is 187. The minimum Gasteiger partial charge on any atom is -0.420 e. The molecule has 2 rings (SSSR count). The van der Waals surface area contributed by atoms with Gasteiger partial charge in [-0.1, -0.05) is 38.5 Å². The summed E-state index contributed by atoms with van der Waals surface area (Å²) in [6, 6.07) is 8.58. The number of unbranched alkanes of at least 4 members (excludes halogenated alkanes) is 2. The van der Waals surface area contributed by atoms with E-state index in [2.05, 4.69) is 26.2 Å². The molecule has 2 aliphatic carbocycles. The van der Waals surface area contributed by atoms with Gasteiger partial charge in [-0.2, -0.15) is 0 Å². The monoisotopic (exact) mass is 1640 g/mol. The van der Waals surface area contributed by atoms with Crippen LogP contribution in [0.15, 0.2) is 0 Å². The molecule has 107 heavy (non-hydrogen) atoms. The molecule has 0 amide bonds. The van der Waals surface area contributed by atoms with Gasteiger partial charge < -0.3 is 143 Å². The topological polar surface area (TPSA) is 488 Å². The molecule has 0 aromatic carbocycles. The summed E-state index contributed by atoms with van der Waals surface area (Å²) >= 11 is 0. The summed E-state index contributed by atoms with van der Waals surface area (Å²) in [7, 11) is -0.810. The Morgan fingerprint density at radius 2 is 0.645 bits per heavy atom. The van der Waals surface area contributed by atoms with E-state index in [1.54, 1.807) is 49.0 Å². The van der Waals surface area contributed by atoms with Gasteiger partial charge in [0.2, 0.25) is 0 Å². The Morgan fingerprint density at radius 3 is 0.935 bits per heavy atom. The highest BCUT2D eigenvalue weighted by molar-refractivity contribution is 6.74. The number of aliphatic hydroxyl groups excluding tert-OH is 18. The van der Waals surface area contributed by atoms with E-state index in [9.17, 15) is 71.5 Å². The van der Waals surface area contributed by atoms with Gasteiger partial charge in [-0.15, -0.1) is 0 Å². The van der Waals surface area contributed by atoms with Gasteiger partial charge in [0.05, 0.1) is 126 Å². The van der Waals surface area contributed by atoms with Gasteiger partial charge in [0, 0.05) is 62.0 Å². The molecule has 0 heterocycles. The van der Waals surface area contributed by atoms with Gasteiger partial charge in [0.1, 0.15) is 23.4 Å². The molecule has 0 aromatic rings. The van der Waals surface area contributed by atoms with Crippen LogP contribution in [0.2, 0.25) is 93.2 Å². The second-order valence-corrected chi connectivity index (χ2v) is 53.6. The molecule has 34 heteroatoms. The second-order valence-electron chi connectivity index (χ2n) is 32.2. The van der Waals surface area contributed by atoms with E-state index in [4.69, 9.17) is 71.7 Å². The summed E-state index contributed by atoms with van der Waals surface area (Å²) in [5.41, 5.74) is -2.49. The Bertz CT molecular complexity index is 1970. The third-order valence-corrected chi connectivity index (χ3v) is 40.2. The Morgan fingerprint density at radius 1 is 0.355 bits per heavy atom. The van der Waals surface area contributed by atoms with Crippen molar-refractivity contribution in [2.24, 2.45) is 11.8 Å². The van der Waals surface area contributed by atoms with Crippen LogP contribution in [0.25, 0.3) is 0 Å². The van der Waals surface area contributed by atoms with Crippen molar-refractivity contribution in [1.29, 1.82) is 0 Å². The summed E-state index contributed by atoms with van der Waals surface area (Å²) in [6.07, 6.45) is 4.89. The van der Waals surface area contributed by atoms with E-state index < -0.39 is 138 Å². The van der Waals surface area contributed by atoms with Crippen molar-refractivity contribution in [3.8, 4) is 0 Å². The summed E-state index contributed by atoms with van der Waals surface area (Å²) in [6.45, 7) is 21.4. The maximum absolute atomic E-state index is 9.93. The van der Waals surface area contributed by atoms with E-state index >= 15 is 0 Å². The predicted molar refractivity (Wildman–Crippen MR) is 426 cm³/mol. The molecule has 648 valence electrons. The first-order valence-corrected chi connectivity index (χ1v) is 53.4. The molecule has 0 aliphatic heterocycles. The van der Waals surface area contributed by atoms with Crippen molar-refractivity contribution in [1.82, 2.24) is 0 Å². The number of ether oxygens (including phenoxy) is 4. The van der Waals surface area contributed by atoms with Crippen molar-refractivity contribution in [3.05, 3.63) is 0 Å². The van der Waals surface area contributed by atoms with Crippen molar-refractivity contribution in [2.45, 2.75) is 341 Å². The Balaban J connectivity index is -0.00000128. The van der Waals surface area contributed by atoms with E-state index in [1.807, 2.05) is 13.7 Å². The van der Waals surface area contributed by atoms with E-state index in [-0.39, 0.29) is 52.9 Å². The third kappa shape index (κ3) is 55.2. The number of rotatable bonds is 56. The van der Waals surface area contributed by atoms with Crippen molar-refractivity contribution in [2.75, 3.05) is 115 Å². The number of aliphatic hydroxyl groups is 20. The van der Waals surface area contributed by atoms with Crippen LogP contribution in [0.3, 0.4) is 0 Å². The summed E-state index contributed by atoms with van der Waals surface area (Å²) < 4.78 is 49.9. The lowest BCUT2D eigenvalue weighted by molar-refractivity contribution is -0.102. The maximum Gasteiger partial charge on any atom is 0.194 e. The van der Waals surface area contributed by atoms with Gasteiger partial charge in [-0.05, 0) is 217 Å². The Labute approximate surface area is 648 Å². The normalized spacial score (nSPS) is 24.4. The lowest BCUT2D eigenvalue weighted by atomic mass is 9.84. The molecule has 20 N–H and O–H groups in total. The zero-order chi connectivity index (χ0) is 82.7. The lowest BCUT2D eigenvalue weighted by Crippen LogP contribution is -2.42. The van der Waals surface area contributed by atoms with Gasteiger partial charge in [-0.3, -0.25) is 0 Å². The predicted octanol–water partition coefficient (Wildman–Crippen LogP) is 3.60. The van der Waals surface area contributed by atoms with Gasteiger partial charge in [0.15, 0.2) is 41.6 Å². The zero-order valence-corrected chi connectivity index (χ0v) is 73.9. The standard InChI is InChI=1S/C18H36O5Si.C17H38O7Si.C16H36O5Si.C14H32O7Si.C8H20O5Si/c1-23-24(2,9-7-13-3-5-15(19)17(21)11-13)10-8-14-4-6-16(20)18(22)12-14;1-14(18)16(3,20)12-23-8-7-10-25(6,22-5)11-9-24-13-17(4,21)15(2)19;1-13(17)15(19)9-5-7-11-22(4,21-3)12-8-6-10-16(20)14(2)18;1-19-22(2,7-3-5-20-11-13(17)9-15)8-4-6-21-12-14(18)10-16;1-13-14(2,5-7(11)3-9)6-8(12)4-10/h13-22H,3-12H2,1-2H3;14-15,18-21H,7-13H2,1-6H3;13-20H,5-12H2,1-4H3;13-18H,3-12H2,1-2H3;7-12H,3-6H2,1-2H3. The first-order chi connectivity index (χ1) is 49.8. The van der Waals surface area contributed by atoms with Crippen LogP contribution >= 0.6 is 0 Å². The van der Waals surface area contributed by atoms with Gasteiger partial charge >= 0.3 is 0 Å². The van der Waals surface area contributed by atoms with E-state index in [0.717, 1.165) is 119 Å². The fraction of sp³-hybridized carbons (Fsp3) is 1.00. The molecule has 19 atom stereocenters. The number of hydrogen-bond donors (Lipinski definition) is 20. The Kier molecular flexibility index (Phi) is 63.6. The van der Waals surface area contributed by atoms with Crippen LogP contribution < -0.4 is 0 Å². The molecule has 2 saturated carbocycles. The first kappa shape index (κ1) is 111. The molecule has 0 spiro atoms. The first-order valence-electron chi connectivity index (χ1n) is 39.3. The van der Waals surface area contributed by atoms with Crippen LogP contribution in [-0.4, -0.2) is 355 Å². The SMILES string of the molecule is CO[Si](C)(CC(O)CO)CC(O)CO.CO[Si](C)(CCC1CCC(O)C(O)C1)CCC1CCC(O)C(O)C1.CO[Si](C)(CCCCC(O)C(C)O)CCCCC(O)C(C)O.CO[Si](C)(CCCOCC(C)(O)C(C)O)CCOCC(C)(O)C(C)O.CO[Si](C)(CCCOCC(O)CO)CCCOCC(O)CO. The van der Waals surface area contributed by atoms with Gasteiger partial charge in [-0.25, -0.2) is 0 Å². The number of hydrogen-bond acceptors (Lipinski definition) is 29. The van der Waals surface area contributed by atoms with Crippen molar-refractivity contribution >= 4 is 41.6 Å². The van der Waals surface area contributed by atoms with Crippen molar-refractivity contribution < 1.29 is 143 Å². The third-order valence-electron chi connectivity index (χ3n) is 21.6. The maximum atomic E-state index is 9.93. The molecule has 29 nitrogen and oxygen atoms in total. The molecular formula is C73H162O29Si5. The second kappa shape index (κ2) is 61.3. The van der Waals surface area contributed by atoms with Crippen LogP contribution in [0.5, 0.6) is 0 Å². The fourth-order valence-corrected chi connectivity index (χ4v) is 24.8. The molecule has 2 fully saturated rings. The highest BCUT2D eigenvalue weighted by atomic mass is 28.4. The molecule has 19 unspecified atom stereocenters. The molecule has 0 bridgehead atoms. The van der Waals surface area contributed by atoms with E-state index in [1.165, 1.54) is 21.0 Å². The largest absolute Gasteiger partial charge is 0.420 e. The molecule has 0 aromatic heterocycles. The Hall–Kier alpha value is -0.0756. The van der Waals surface area contributed by atoms with Crippen molar-refractivity contribution in [3.63, 3.8) is 0 Å². The van der Waals surface area contributed by atoms with Crippen LogP contribution in [-0.2, 0) is 41.1 Å². The highest BCUT2D eigenvalue weighted by Crippen LogP contribution is 2.36. The molecule has 2 aliphatic rings. The van der Waals surface area contributed by atoms with Crippen LogP contribution in [0, 0.1) is 11.8 Å². The zero-order valence-electron chi connectivity index (χ0n) is 68.9. The van der Waals surface area contributed by atoms with Crippen LogP contribution in [0.1, 0.15) is 151 Å². The van der Waals surface area contributed by atoms with E-state index in [0.29, 0.717) is 88.9 Å². The van der Waals surface area contributed by atoms with Crippen LogP contribution in [0.4, 0.5) is 0 Å². The minimum atomic E-state index is -2.21. The summed E-state index contributed by atoms with van der Waals surface area (Å²) in [4.78, 5) is 0. The van der Waals surface area contributed by atoms with Gasteiger partial charge in [0.25, 0.3) is 0 Å². The minimum absolute atomic E-state index is 0.0798. The lowest BCUT2D eigenvalue weighted by Gasteiger charge is -2.34. The fourth-order valence-electron chi connectivity index (χ4n) is 12.1. The quantitative estimate of drug-likeness (QED) is 0.0305. The molecule has 0 saturated heterocycles. The molecule has 0 radical (unpaired) electrons.